The number of halogens is 1. The average Bonchev–Trinajstić information content (AvgIpc) is 2.51. The number of carbonyl (C=O) groups excluding carboxylic acids is 1. The van der Waals surface area contributed by atoms with Gasteiger partial charge in [-0.1, -0.05) is 18.2 Å². The monoisotopic (exact) mass is 372 g/mol. The lowest BCUT2D eigenvalue weighted by molar-refractivity contribution is -0.112. The first-order valence-electron chi connectivity index (χ1n) is 6.62. The Kier molecular flexibility index (Phi) is 5.04. The molecule has 2 rings (SSSR count). The van der Waals surface area contributed by atoms with Crippen molar-refractivity contribution >= 4 is 33.6 Å². The second kappa shape index (κ2) is 6.99. The van der Waals surface area contributed by atoms with Crippen LogP contribution in [0.15, 0.2) is 46.4 Å². The van der Waals surface area contributed by atoms with E-state index in [2.05, 4.69) is 21.2 Å². The number of amides is 1. The molecule has 3 N–H and O–H groups in total. The van der Waals surface area contributed by atoms with Crippen molar-refractivity contribution in [2.45, 2.75) is 6.92 Å². The molecule has 0 bridgehead atoms. The summed E-state index contributed by atoms with van der Waals surface area (Å²) in [6.45, 7) is 1.84. The number of aryl methyl sites for hydroxylation is 1. The molecule has 5 nitrogen and oxygen atoms in total. The van der Waals surface area contributed by atoms with Gasteiger partial charge in [-0.25, -0.2) is 0 Å². The van der Waals surface area contributed by atoms with Gasteiger partial charge in [0, 0.05) is 17.3 Å². The normalized spacial score (nSPS) is 10.9. The average molecular weight is 373 g/mol. The van der Waals surface area contributed by atoms with Crippen LogP contribution < -0.4 is 5.32 Å². The summed E-state index contributed by atoms with van der Waals surface area (Å²) >= 11 is 3.12. The van der Waals surface area contributed by atoms with Gasteiger partial charge in [0.2, 0.25) is 0 Å². The minimum Gasteiger partial charge on any atom is -0.507 e. The summed E-state index contributed by atoms with van der Waals surface area (Å²) in [7, 11) is 0. The summed E-state index contributed by atoms with van der Waals surface area (Å²) in [5.41, 5.74) is 1.55. The molecule has 2 aromatic carbocycles. The Bertz CT molecular complexity index is 838. The number of rotatable bonds is 3. The van der Waals surface area contributed by atoms with Gasteiger partial charge in [-0.3, -0.25) is 4.79 Å². The molecule has 0 fully saturated rings. The third-order valence-electron chi connectivity index (χ3n) is 3.15. The minimum atomic E-state index is -0.578. The summed E-state index contributed by atoms with van der Waals surface area (Å²) < 4.78 is 0.346. The molecule has 116 valence electrons. The zero-order chi connectivity index (χ0) is 17.0. The summed E-state index contributed by atoms with van der Waals surface area (Å²) in [6.07, 6.45) is 1.26. The number of phenols is 2. The molecule has 0 heterocycles. The minimum absolute atomic E-state index is 0.137. The van der Waals surface area contributed by atoms with E-state index in [1.807, 2.05) is 25.1 Å². The summed E-state index contributed by atoms with van der Waals surface area (Å²) in [4.78, 5) is 12.2. The molecule has 0 saturated carbocycles. The van der Waals surface area contributed by atoms with Crippen LogP contribution >= 0.6 is 15.9 Å². The molecule has 0 aliphatic rings. The van der Waals surface area contributed by atoms with Crippen LogP contribution in [0, 0.1) is 18.3 Å². The van der Waals surface area contributed by atoms with Crippen molar-refractivity contribution in [2.75, 3.05) is 5.32 Å². The molecule has 0 atom stereocenters. The van der Waals surface area contributed by atoms with Crippen molar-refractivity contribution in [2.24, 2.45) is 0 Å². The zero-order valence-corrected chi connectivity index (χ0v) is 13.8. The lowest BCUT2D eigenvalue weighted by Gasteiger charge is -2.08. The highest BCUT2D eigenvalue weighted by Gasteiger charge is 2.13. The van der Waals surface area contributed by atoms with Crippen LogP contribution in [-0.4, -0.2) is 16.1 Å². The molecule has 0 unspecified atom stereocenters. The van der Waals surface area contributed by atoms with Crippen LogP contribution in [0.25, 0.3) is 6.08 Å². The molecule has 0 aliphatic carbocycles. The summed E-state index contributed by atoms with van der Waals surface area (Å²) in [5, 5.41) is 31.1. The fraction of sp³-hybridized carbons (Fsp3) is 0.0588. The summed E-state index contributed by atoms with van der Waals surface area (Å²) in [5.74, 6) is -0.949. The quantitative estimate of drug-likeness (QED) is 0.565. The SMILES string of the molecule is Cc1ccccc1NC(=O)/C(C#N)=C\c1cc(Br)c(O)cc1O. The Balaban J connectivity index is 2.33. The predicted molar refractivity (Wildman–Crippen MR) is 90.9 cm³/mol. The van der Waals surface area contributed by atoms with Gasteiger partial charge in [0.25, 0.3) is 5.91 Å². The highest BCUT2D eigenvalue weighted by atomic mass is 79.9. The van der Waals surface area contributed by atoms with Crippen molar-refractivity contribution < 1.29 is 15.0 Å². The predicted octanol–water partition coefficient (Wildman–Crippen LogP) is 3.71. The van der Waals surface area contributed by atoms with Gasteiger partial charge in [0.1, 0.15) is 23.1 Å². The van der Waals surface area contributed by atoms with Crippen molar-refractivity contribution in [3.63, 3.8) is 0 Å². The molecular formula is C17H13BrN2O3. The maximum Gasteiger partial charge on any atom is 0.266 e. The second-order valence-corrected chi connectivity index (χ2v) is 5.66. The Hall–Kier alpha value is -2.78. The first-order chi connectivity index (χ1) is 10.9. The molecule has 0 saturated heterocycles. The third-order valence-corrected chi connectivity index (χ3v) is 3.79. The molecule has 2 aromatic rings. The van der Waals surface area contributed by atoms with Crippen molar-refractivity contribution in [3.05, 3.63) is 57.6 Å². The fourth-order valence-corrected chi connectivity index (χ4v) is 2.25. The van der Waals surface area contributed by atoms with Crippen LogP contribution in [0.3, 0.4) is 0 Å². The lowest BCUT2D eigenvalue weighted by Crippen LogP contribution is -2.14. The standard InChI is InChI=1S/C17H13BrN2O3/c1-10-4-2-3-5-14(10)20-17(23)12(9-19)6-11-7-13(18)16(22)8-15(11)21/h2-8,21-22H,1H3,(H,20,23)/b12-6-. The molecule has 0 aromatic heterocycles. The molecule has 0 aliphatic heterocycles. The van der Waals surface area contributed by atoms with Gasteiger partial charge < -0.3 is 15.5 Å². The van der Waals surface area contributed by atoms with E-state index in [0.29, 0.717) is 10.2 Å². The number of phenolic OH excluding ortho intramolecular Hbond substituents is 2. The number of carbonyl (C=O) groups is 1. The fourth-order valence-electron chi connectivity index (χ4n) is 1.89. The molecule has 23 heavy (non-hydrogen) atoms. The van der Waals surface area contributed by atoms with E-state index in [0.717, 1.165) is 11.6 Å². The topological polar surface area (TPSA) is 93.4 Å². The van der Waals surface area contributed by atoms with Gasteiger partial charge in [-0.2, -0.15) is 5.26 Å². The second-order valence-electron chi connectivity index (χ2n) is 4.80. The van der Waals surface area contributed by atoms with E-state index in [9.17, 15) is 20.3 Å². The number of nitrogens with zero attached hydrogens (tertiary/aromatic N) is 1. The number of nitriles is 1. The number of hydrogen-bond acceptors (Lipinski definition) is 4. The molecule has 0 radical (unpaired) electrons. The number of para-hydroxylation sites is 1. The largest absolute Gasteiger partial charge is 0.507 e. The van der Waals surface area contributed by atoms with E-state index >= 15 is 0 Å². The Labute approximate surface area is 141 Å². The maximum absolute atomic E-state index is 12.2. The van der Waals surface area contributed by atoms with Crippen LogP contribution in [-0.2, 0) is 4.79 Å². The van der Waals surface area contributed by atoms with Gasteiger partial charge in [-0.05, 0) is 46.6 Å². The number of aromatic hydroxyl groups is 2. The van der Waals surface area contributed by atoms with Crippen LogP contribution in [0.2, 0.25) is 0 Å². The van der Waals surface area contributed by atoms with Crippen LogP contribution in [0.4, 0.5) is 5.69 Å². The van der Waals surface area contributed by atoms with E-state index in [4.69, 9.17) is 0 Å². The van der Waals surface area contributed by atoms with E-state index in [1.165, 1.54) is 12.1 Å². The Morgan fingerprint density at radius 1 is 1.26 bits per heavy atom. The third kappa shape index (κ3) is 3.90. The van der Waals surface area contributed by atoms with Gasteiger partial charge in [-0.15, -0.1) is 0 Å². The number of hydrogen-bond donors (Lipinski definition) is 3. The first-order valence-corrected chi connectivity index (χ1v) is 7.42. The smallest absolute Gasteiger partial charge is 0.266 e. The van der Waals surface area contributed by atoms with Gasteiger partial charge in [0.05, 0.1) is 4.47 Å². The van der Waals surface area contributed by atoms with Crippen LogP contribution in [0.1, 0.15) is 11.1 Å². The molecule has 1 amide bonds. The molecule has 6 heteroatoms. The Morgan fingerprint density at radius 3 is 2.61 bits per heavy atom. The van der Waals surface area contributed by atoms with Gasteiger partial charge >= 0.3 is 0 Å². The van der Waals surface area contributed by atoms with Crippen molar-refractivity contribution in [3.8, 4) is 17.6 Å². The lowest BCUT2D eigenvalue weighted by atomic mass is 10.1. The summed E-state index contributed by atoms with van der Waals surface area (Å²) in [6, 6.07) is 11.6. The van der Waals surface area contributed by atoms with Gasteiger partial charge in [0.15, 0.2) is 0 Å². The van der Waals surface area contributed by atoms with E-state index in [1.54, 1.807) is 12.1 Å². The number of anilines is 1. The highest BCUT2D eigenvalue weighted by Crippen LogP contribution is 2.32. The number of nitrogens with one attached hydrogen (secondary N) is 1. The number of benzene rings is 2. The van der Waals surface area contributed by atoms with Crippen molar-refractivity contribution in [1.82, 2.24) is 0 Å². The molecular weight excluding hydrogens is 360 g/mol. The van der Waals surface area contributed by atoms with Crippen molar-refractivity contribution in [1.29, 1.82) is 5.26 Å². The molecule has 0 spiro atoms. The van der Waals surface area contributed by atoms with E-state index < -0.39 is 5.91 Å². The maximum atomic E-state index is 12.2. The van der Waals surface area contributed by atoms with Crippen LogP contribution in [0.5, 0.6) is 11.5 Å². The highest BCUT2D eigenvalue weighted by molar-refractivity contribution is 9.10. The Morgan fingerprint density at radius 2 is 1.96 bits per heavy atom. The zero-order valence-electron chi connectivity index (χ0n) is 12.2. The first kappa shape index (κ1) is 16.6. The van der Waals surface area contributed by atoms with E-state index in [-0.39, 0.29) is 22.6 Å².